The van der Waals surface area contributed by atoms with Crippen LogP contribution in [0, 0.1) is 0 Å². The van der Waals surface area contributed by atoms with Crippen LogP contribution in [0.3, 0.4) is 0 Å². The van der Waals surface area contributed by atoms with E-state index in [1.54, 1.807) is 32.2 Å². The van der Waals surface area contributed by atoms with Crippen molar-refractivity contribution in [1.29, 1.82) is 0 Å². The highest BCUT2D eigenvalue weighted by Crippen LogP contribution is 2.21. The molecule has 1 heterocycles. The number of amides is 1. The Hall–Kier alpha value is -2.67. The number of carbonyl (C=O) groups excluding carboxylic acids is 1. The molecule has 0 saturated carbocycles. The minimum Gasteiger partial charge on any atom is -0.497 e. The average molecular weight is 288 g/mol. The highest BCUT2D eigenvalue weighted by Gasteiger charge is 2.15. The molecule has 21 heavy (non-hydrogen) atoms. The van der Waals surface area contributed by atoms with E-state index in [9.17, 15) is 9.59 Å². The van der Waals surface area contributed by atoms with Gasteiger partial charge in [-0.3, -0.25) is 15.0 Å². The molecule has 2 rings (SSSR count). The summed E-state index contributed by atoms with van der Waals surface area (Å²) in [4.78, 5) is 23.8. The quantitative estimate of drug-likeness (QED) is 0.486. The number of rotatable bonds is 4. The van der Waals surface area contributed by atoms with Gasteiger partial charge in [0, 0.05) is 12.1 Å². The minimum atomic E-state index is -0.645. The SMILES string of the molecule is CCn1nc(-c2cccc(OC)c2)cc(C(=O)NN)c1=O. The van der Waals surface area contributed by atoms with Crippen LogP contribution >= 0.6 is 0 Å². The van der Waals surface area contributed by atoms with Crippen LogP contribution in [0.15, 0.2) is 35.1 Å². The van der Waals surface area contributed by atoms with Crippen LogP contribution in [-0.4, -0.2) is 22.8 Å². The first-order chi connectivity index (χ1) is 10.1. The molecule has 0 fully saturated rings. The van der Waals surface area contributed by atoms with Gasteiger partial charge in [0.25, 0.3) is 11.5 Å². The van der Waals surface area contributed by atoms with E-state index in [4.69, 9.17) is 10.6 Å². The standard InChI is InChI=1S/C14H16N4O3/c1-3-18-14(20)11(13(19)16-15)8-12(17-18)9-5-4-6-10(7-9)21-2/h4-8H,3,15H2,1-2H3,(H,16,19). The molecule has 2 aromatic rings. The van der Waals surface area contributed by atoms with Gasteiger partial charge in [0.1, 0.15) is 11.3 Å². The van der Waals surface area contributed by atoms with Gasteiger partial charge in [0.2, 0.25) is 0 Å². The summed E-state index contributed by atoms with van der Waals surface area (Å²) in [6.07, 6.45) is 0. The van der Waals surface area contributed by atoms with E-state index in [0.29, 0.717) is 18.0 Å². The second-order valence-electron chi connectivity index (χ2n) is 4.27. The number of hydrogen-bond donors (Lipinski definition) is 2. The number of nitrogen functional groups attached to an aromatic ring is 1. The van der Waals surface area contributed by atoms with E-state index in [-0.39, 0.29) is 5.56 Å². The van der Waals surface area contributed by atoms with Gasteiger partial charge in [-0.15, -0.1) is 0 Å². The van der Waals surface area contributed by atoms with Gasteiger partial charge in [0.15, 0.2) is 0 Å². The van der Waals surface area contributed by atoms with Crippen molar-refractivity contribution in [2.75, 3.05) is 7.11 Å². The predicted molar refractivity (Wildman–Crippen MR) is 77.8 cm³/mol. The molecule has 0 unspecified atom stereocenters. The van der Waals surface area contributed by atoms with Crippen LogP contribution < -0.4 is 21.6 Å². The van der Waals surface area contributed by atoms with Crippen molar-refractivity contribution < 1.29 is 9.53 Å². The first-order valence-electron chi connectivity index (χ1n) is 6.38. The van der Waals surface area contributed by atoms with Crippen molar-refractivity contribution in [1.82, 2.24) is 15.2 Å². The molecule has 0 saturated heterocycles. The van der Waals surface area contributed by atoms with Crippen molar-refractivity contribution in [3.05, 3.63) is 46.2 Å². The van der Waals surface area contributed by atoms with E-state index in [1.165, 1.54) is 10.7 Å². The zero-order valence-corrected chi connectivity index (χ0v) is 11.8. The van der Waals surface area contributed by atoms with Crippen LogP contribution in [0.4, 0.5) is 0 Å². The molecule has 0 radical (unpaired) electrons. The van der Waals surface area contributed by atoms with E-state index in [1.807, 2.05) is 11.5 Å². The van der Waals surface area contributed by atoms with Crippen LogP contribution in [0.25, 0.3) is 11.3 Å². The zero-order valence-electron chi connectivity index (χ0n) is 11.8. The lowest BCUT2D eigenvalue weighted by molar-refractivity contribution is 0.0951. The molecule has 0 aliphatic heterocycles. The van der Waals surface area contributed by atoms with E-state index in [0.717, 1.165) is 5.56 Å². The van der Waals surface area contributed by atoms with Crippen LogP contribution in [-0.2, 0) is 6.54 Å². The molecule has 110 valence electrons. The molecule has 0 atom stereocenters. The number of aryl methyl sites for hydroxylation is 1. The first kappa shape index (κ1) is 14.7. The Morgan fingerprint density at radius 2 is 2.19 bits per heavy atom. The highest BCUT2D eigenvalue weighted by molar-refractivity contribution is 5.94. The Balaban J connectivity index is 2.63. The maximum absolute atomic E-state index is 12.1. The van der Waals surface area contributed by atoms with Crippen molar-refractivity contribution in [2.24, 2.45) is 5.84 Å². The lowest BCUT2D eigenvalue weighted by atomic mass is 10.1. The predicted octanol–water partition coefficient (Wildman–Crippen LogP) is 0.542. The molecule has 0 bridgehead atoms. The maximum atomic E-state index is 12.1. The van der Waals surface area contributed by atoms with E-state index >= 15 is 0 Å². The van der Waals surface area contributed by atoms with Gasteiger partial charge in [0.05, 0.1) is 12.8 Å². The fourth-order valence-electron chi connectivity index (χ4n) is 1.92. The van der Waals surface area contributed by atoms with Crippen LogP contribution in [0.1, 0.15) is 17.3 Å². The molecule has 0 aliphatic rings. The first-order valence-corrected chi connectivity index (χ1v) is 6.38. The smallest absolute Gasteiger partial charge is 0.279 e. The monoisotopic (exact) mass is 288 g/mol. The van der Waals surface area contributed by atoms with Gasteiger partial charge in [-0.25, -0.2) is 10.5 Å². The Bertz CT molecular complexity index is 724. The number of ether oxygens (including phenoxy) is 1. The largest absolute Gasteiger partial charge is 0.497 e. The molecule has 7 nitrogen and oxygen atoms in total. The third-order valence-corrected chi connectivity index (χ3v) is 3.02. The lowest BCUT2D eigenvalue weighted by Gasteiger charge is -2.09. The number of aromatic nitrogens is 2. The molecular formula is C14H16N4O3. The van der Waals surface area contributed by atoms with Gasteiger partial charge in [-0.05, 0) is 25.1 Å². The summed E-state index contributed by atoms with van der Waals surface area (Å²) in [6, 6.07) is 8.62. The topological polar surface area (TPSA) is 99.2 Å². The third kappa shape index (κ3) is 2.92. The summed E-state index contributed by atoms with van der Waals surface area (Å²) in [6.45, 7) is 2.12. The highest BCUT2D eigenvalue weighted by atomic mass is 16.5. The molecule has 0 spiro atoms. The maximum Gasteiger partial charge on any atom is 0.279 e. The summed E-state index contributed by atoms with van der Waals surface area (Å²) in [5.41, 5.74) is 2.67. The fraction of sp³-hybridized carbons (Fsp3) is 0.214. The van der Waals surface area contributed by atoms with Crippen molar-refractivity contribution in [3.8, 4) is 17.0 Å². The number of hydrazine groups is 1. The lowest BCUT2D eigenvalue weighted by Crippen LogP contribution is -2.37. The van der Waals surface area contributed by atoms with E-state index in [2.05, 4.69) is 5.10 Å². The molecule has 7 heteroatoms. The second-order valence-corrected chi connectivity index (χ2v) is 4.27. The fourth-order valence-corrected chi connectivity index (χ4v) is 1.92. The Labute approximate surface area is 121 Å². The van der Waals surface area contributed by atoms with Gasteiger partial charge < -0.3 is 4.74 Å². The third-order valence-electron chi connectivity index (χ3n) is 3.02. The minimum absolute atomic E-state index is 0.0489. The van der Waals surface area contributed by atoms with Crippen molar-refractivity contribution in [3.63, 3.8) is 0 Å². The number of nitrogens with one attached hydrogen (secondary N) is 1. The van der Waals surface area contributed by atoms with Crippen LogP contribution in [0.2, 0.25) is 0 Å². The number of hydrogen-bond acceptors (Lipinski definition) is 5. The molecule has 1 aromatic heterocycles. The zero-order chi connectivity index (χ0) is 15.4. The number of carbonyl (C=O) groups is 1. The Morgan fingerprint density at radius 1 is 1.43 bits per heavy atom. The summed E-state index contributed by atoms with van der Waals surface area (Å²) >= 11 is 0. The number of benzene rings is 1. The summed E-state index contributed by atoms with van der Waals surface area (Å²) in [5.74, 6) is 5.13. The van der Waals surface area contributed by atoms with E-state index < -0.39 is 11.5 Å². The normalized spacial score (nSPS) is 10.2. The molecule has 3 N–H and O–H groups in total. The Morgan fingerprint density at radius 3 is 2.81 bits per heavy atom. The van der Waals surface area contributed by atoms with Crippen molar-refractivity contribution >= 4 is 5.91 Å². The average Bonchev–Trinajstić information content (AvgIpc) is 2.54. The molecule has 1 aromatic carbocycles. The number of methoxy groups -OCH3 is 1. The number of nitrogens with zero attached hydrogens (tertiary/aromatic N) is 2. The molecular weight excluding hydrogens is 272 g/mol. The summed E-state index contributed by atoms with van der Waals surface area (Å²) in [7, 11) is 1.56. The van der Waals surface area contributed by atoms with Crippen molar-refractivity contribution in [2.45, 2.75) is 13.5 Å². The molecule has 0 aliphatic carbocycles. The van der Waals surface area contributed by atoms with Gasteiger partial charge in [-0.2, -0.15) is 5.10 Å². The summed E-state index contributed by atoms with van der Waals surface area (Å²) in [5, 5.41) is 4.24. The van der Waals surface area contributed by atoms with Gasteiger partial charge >= 0.3 is 0 Å². The molecule has 1 amide bonds. The second kappa shape index (κ2) is 6.19. The van der Waals surface area contributed by atoms with Gasteiger partial charge in [-0.1, -0.05) is 12.1 Å². The number of nitrogens with two attached hydrogens (primary N) is 1. The Kier molecular flexibility index (Phi) is 4.34. The summed E-state index contributed by atoms with van der Waals surface area (Å²) < 4.78 is 6.38. The van der Waals surface area contributed by atoms with Crippen LogP contribution in [0.5, 0.6) is 5.75 Å².